The van der Waals surface area contributed by atoms with Crippen LogP contribution in [0.2, 0.25) is 0 Å². The van der Waals surface area contributed by atoms with Gasteiger partial charge in [-0.3, -0.25) is 0 Å². The first-order valence-corrected chi connectivity index (χ1v) is 2.37. The number of ether oxygens (including phenoxy) is 1. The topological polar surface area (TPSA) is 74.3 Å². The highest BCUT2D eigenvalue weighted by Gasteiger charge is 2.08. The van der Waals surface area contributed by atoms with Crippen molar-refractivity contribution in [1.82, 2.24) is 9.78 Å². The van der Waals surface area contributed by atoms with E-state index in [1.54, 1.807) is 0 Å². The molecule has 1 aromatic heterocycles. The molecule has 1 heterocycles. The minimum Gasteiger partial charge on any atom is -0.451 e. The molecular formula is C4H4N2O4. The van der Waals surface area contributed by atoms with Gasteiger partial charge in [0.2, 0.25) is 6.39 Å². The van der Waals surface area contributed by atoms with Gasteiger partial charge in [-0.25, -0.2) is 9.59 Å². The van der Waals surface area contributed by atoms with E-state index in [2.05, 4.69) is 14.3 Å². The van der Waals surface area contributed by atoms with Crippen LogP contribution in [0.25, 0.3) is 0 Å². The summed E-state index contributed by atoms with van der Waals surface area (Å²) >= 11 is 0. The predicted octanol–water partition coefficient (Wildman–Crippen LogP) is -0.549. The highest BCUT2D eigenvalue weighted by molar-refractivity contribution is 5.68. The van der Waals surface area contributed by atoms with Gasteiger partial charge in [-0.15, -0.1) is 5.10 Å². The molecule has 54 valence electrons. The van der Waals surface area contributed by atoms with Crippen molar-refractivity contribution < 1.29 is 13.9 Å². The molecule has 0 fully saturated rings. The maximum Gasteiger partial charge on any atom is 0.447 e. The molecule has 0 spiro atoms. The second-order valence-corrected chi connectivity index (χ2v) is 1.39. The molecule has 0 saturated carbocycles. The molecule has 1 rings (SSSR count). The first-order chi connectivity index (χ1) is 4.75. The summed E-state index contributed by atoms with van der Waals surface area (Å²) in [6, 6.07) is 0. The molecule has 0 aliphatic rings. The number of hydrogen-bond acceptors (Lipinski definition) is 5. The van der Waals surface area contributed by atoms with Crippen molar-refractivity contribution in [2.24, 2.45) is 0 Å². The lowest BCUT2D eigenvalue weighted by molar-refractivity contribution is 0.167. The van der Waals surface area contributed by atoms with Crippen LogP contribution in [0.4, 0.5) is 4.79 Å². The zero-order valence-corrected chi connectivity index (χ0v) is 5.10. The molecule has 0 unspecified atom stereocenters. The van der Waals surface area contributed by atoms with Gasteiger partial charge in [0.1, 0.15) is 0 Å². The Morgan fingerprint density at radius 2 is 2.60 bits per heavy atom. The third-order valence-electron chi connectivity index (χ3n) is 0.837. The van der Waals surface area contributed by atoms with Crippen LogP contribution in [0.15, 0.2) is 15.6 Å². The summed E-state index contributed by atoms with van der Waals surface area (Å²) < 4.78 is 8.83. The maximum atomic E-state index is 10.5. The Hall–Kier alpha value is -1.59. The summed E-state index contributed by atoms with van der Waals surface area (Å²) in [6.45, 7) is 0. The number of methoxy groups -OCH3 is 1. The summed E-state index contributed by atoms with van der Waals surface area (Å²) in [5.74, 6) is -0.855. The number of hydrogen-bond donors (Lipinski definition) is 0. The van der Waals surface area contributed by atoms with Crippen molar-refractivity contribution in [3.63, 3.8) is 0 Å². The van der Waals surface area contributed by atoms with Crippen molar-refractivity contribution in [1.29, 1.82) is 0 Å². The van der Waals surface area contributed by atoms with Crippen LogP contribution in [-0.2, 0) is 4.74 Å². The number of nitrogens with zero attached hydrogens (tertiary/aromatic N) is 2. The molecule has 0 atom stereocenters. The highest BCUT2D eigenvalue weighted by Crippen LogP contribution is 1.78. The number of carbonyl (C=O) groups excluding carboxylic acids is 1. The quantitative estimate of drug-likeness (QED) is 0.488. The number of aromatic nitrogens is 2. The van der Waals surface area contributed by atoms with E-state index in [9.17, 15) is 9.59 Å². The van der Waals surface area contributed by atoms with Crippen molar-refractivity contribution in [3.8, 4) is 0 Å². The fraction of sp³-hybridized carbons (Fsp3) is 0.250. The van der Waals surface area contributed by atoms with Gasteiger partial charge < -0.3 is 9.15 Å². The standard InChI is InChI=1S/C4H4N2O4/c1-9-3(7)6-4(8)10-2-5-6/h2H,1H3. The van der Waals surface area contributed by atoms with Gasteiger partial charge in [-0.2, -0.15) is 0 Å². The highest BCUT2D eigenvalue weighted by atomic mass is 16.5. The molecular weight excluding hydrogens is 140 g/mol. The summed E-state index contributed by atoms with van der Waals surface area (Å²) in [6.07, 6.45) is -0.00190. The lowest BCUT2D eigenvalue weighted by atomic mass is 11.1. The lowest BCUT2D eigenvalue weighted by Crippen LogP contribution is -2.24. The molecule has 6 heteroatoms. The molecule has 1 aromatic rings. The van der Waals surface area contributed by atoms with E-state index < -0.39 is 11.8 Å². The van der Waals surface area contributed by atoms with Crippen LogP contribution in [-0.4, -0.2) is 23.0 Å². The van der Waals surface area contributed by atoms with Crippen molar-refractivity contribution in [3.05, 3.63) is 16.9 Å². The third kappa shape index (κ3) is 0.903. The Labute approximate surface area is 55.0 Å². The zero-order valence-electron chi connectivity index (χ0n) is 5.10. The SMILES string of the molecule is COC(=O)n1ncoc1=O. The summed E-state index contributed by atoms with van der Waals surface area (Å²) in [4.78, 5) is 21.0. The van der Waals surface area contributed by atoms with Crippen molar-refractivity contribution >= 4 is 6.09 Å². The Morgan fingerprint density at radius 3 is 3.00 bits per heavy atom. The average molecular weight is 144 g/mol. The van der Waals surface area contributed by atoms with Crippen LogP contribution >= 0.6 is 0 Å². The largest absolute Gasteiger partial charge is 0.451 e. The van der Waals surface area contributed by atoms with Gasteiger partial charge >= 0.3 is 11.8 Å². The van der Waals surface area contributed by atoms with Gasteiger partial charge in [-0.05, 0) is 0 Å². The van der Waals surface area contributed by atoms with E-state index in [-0.39, 0.29) is 0 Å². The maximum absolute atomic E-state index is 10.5. The Bertz CT molecular complexity index is 285. The van der Waals surface area contributed by atoms with E-state index in [1.807, 2.05) is 0 Å². The normalized spacial score (nSPS) is 9.30. The molecule has 0 saturated heterocycles. The van der Waals surface area contributed by atoms with Crippen LogP contribution in [0.5, 0.6) is 0 Å². The van der Waals surface area contributed by atoms with E-state index in [0.717, 1.165) is 13.5 Å². The van der Waals surface area contributed by atoms with Crippen LogP contribution in [0.3, 0.4) is 0 Å². The van der Waals surface area contributed by atoms with E-state index in [4.69, 9.17) is 0 Å². The first-order valence-electron chi connectivity index (χ1n) is 2.37. The van der Waals surface area contributed by atoms with Crippen molar-refractivity contribution in [2.45, 2.75) is 0 Å². The Kier molecular flexibility index (Phi) is 1.53. The molecule has 0 aliphatic heterocycles. The number of rotatable bonds is 0. The monoisotopic (exact) mass is 144 g/mol. The van der Waals surface area contributed by atoms with Gasteiger partial charge in [0.25, 0.3) is 0 Å². The van der Waals surface area contributed by atoms with E-state index in [1.165, 1.54) is 0 Å². The molecule has 0 aromatic carbocycles. The van der Waals surface area contributed by atoms with Crippen molar-refractivity contribution in [2.75, 3.05) is 7.11 Å². The summed E-state index contributed by atoms with van der Waals surface area (Å²) in [5.41, 5.74) is 0. The van der Waals surface area contributed by atoms with Gasteiger partial charge in [0, 0.05) is 0 Å². The molecule has 0 bridgehead atoms. The summed E-state index contributed by atoms with van der Waals surface area (Å²) in [5, 5.41) is 3.25. The molecule has 0 amide bonds. The predicted molar refractivity (Wildman–Crippen MR) is 28.6 cm³/mol. The fourth-order valence-electron chi connectivity index (χ4n) is 0.421. The molecule has 6 nitrogen and oxygen atoms in total. The van der Waals surface area contributed by atoms with Crippen LogP contribution < -0.4 is 5.76 Å². The van der Waals surface area contributed by atoms with Crippen LogP contribution in [0.1, 0.15) is 0 Å². The minimum absolute atomic E-state index is 0.472. The third-order valence-corrected chi connectivity index (χ3v) is 0.837. The van der Waals surface area contributed by atoms with E-state index in [0.29, 0.717) is 4.68 Å². The van der Waals surface area contributed by atoms with Gasteiger partial charge in [0.15, 0.2) is 0 Å². The average Bonchev–Trinajstić information content (AvgIpc) is 2.34. The molecule has 0 N–H and O–H groups in total. The number of carbonyl (C=O) groups is 1. The Balaban J connectivity index is 3.05. The van der Waals surface area contributed by atoms with Gasteiger partial charge in [-0.1, -0.05) is 4.68 Å². The molecule has 0 radical (unpaired) electrons. The second-order valence-electron chi connectivity index (χ2n) is 1.39. The van der Waals surface area contributed by atoms with Crippen LogP contribution in [0, 0.1) is 0 Å². The second kappa shape index (κ2) is 2.34. The molecule has 10 heavy (non-hydrogen) atoms. The lowest BCUT2D eigenvalue weighted by Gasteiger charge is -1.90. The fourth-order valence-corrected chi connectivity index (χ4v) is 0.421. The minimum atomic E-state index is -0.862. The van der Waals surface area contributed by atoms with Gasteiger partial charge in [0.05, 0.1) is 7.11 Å². The Morgan fingerprint density at radius 1 is 1.90 bits per heavy atom. The molecule has 0 aliphatic carbocycles. The van der Waals surface area contributed by atoms with E-state index >= 15 is 0 Å². The zero-order chi connectivity index (χ0) is 7.56. The smallest absolute Gasteiger partial charge is 0.447 e. The first kappa shape index (κ1) is 6.53. The summed E-state index contributed by atoms with van der Waals surface area (Å²) in [7, 11) is 1.14.